The molecule has 1 aromatic rings. The van der Waals surface area contributed by atoms with Crippen molar-refractivity contribution in [3.8, 4) is 0 Å². The third-order valence-corrected chi connectivity index (χ3v) is 6.25. The van der Waals surface area contributed by atoms with Crippen molar-refractivity contribution in [3.63, 3.8) is 0 Å². The molecule has 2 nitrogen and oxygen atoms in total. The maximum atomic E-state index is 12.5. The van der Waals surface area contributed by atoms with Crippen LogP contribution in [0.15, 0.2) is 22.7 Å². The Morgan fingerprint density at radius 1 is 1.40 bits per heavy atom. The highest BCUT2D eigenvalue weighted by atomic mass is 79.9. The van der Waals surface area contributed by atoms with Gasteiger partial charge in [0.1, 0.15) is 0 Å². The van der Waals surface area contributed by atoms with E-state index in [1.807, 2.05) is 25.1 Å². The molecule has 0 saturated heterocycles. The third-order valence-electron chi connectivity index (χ3n) is 4.29. The van der Waals surface area contributed by atoms with E-state index in [4.69, 9.17) is 0 Å². The summed E-state index contributed by atoms with van der Waals surface area (Å²) >= 11 is 7.06. The van der Waals surface area contributed by atoms with E-state index in [2.05, 4.69) is 44.1 Å². The molecular weight excluding hydrogens is 382 g/mol. The molecule has 1 aromatic carbocycles. The molecule has 1 saturated carbocycles. The molecule has 0 spiro atoms. The highest BCUT2D eigenvalue weighted by molar-refractivity contribution is 9.10. The van der Waals surface area contributed by atoms with E-state index in [0.717, 1.165) is 39.7 Å². The number of hydrogen-bond donors (Lipinski definition) is 1. The number of carbonyl (C=O) groups excluding carboxylic acids is 1. The molecule has 1 amide bonds. The minimum absolute atomic E-state index is 0.0367. The molecule has 2 rings (SSSR count). The van der Waals surface area contributed by atoms with Crippen LogP contribution in [0.1, 0.15) is 48.5 Å². The Morgan fingerprint density at radius 3 is 2.60 bits per heavy atom. The molecule has 0 atom stereocenters. The first kappa shape index (κ1) is 16.0. The summed E-state index contributed by atoms with van der Waals surface area (Å²) in [5, 5.41) is 4.09. The summed E-state index contributed by atoms with van der Waals surface area (Å²) in [7, 11) is 0. The van der Waals surface area contributed by atoms with Crippen molar-refractivity contribution in [2.24, 2.45) is 5.92 Å². The van der Waals surface area contributed by atoms with Gasteiger partial charge in [0, 0.05) is 15.4 Å². The van der Waals surface area contributed by atoms with Gasteiger partial charge >= 0.3 is 0 Å². The number of alkyl halides is 1. The van der Waals surface area contributed by atoms with Gasteiger partial charge in [0.25, 0.3) is 5.91 Å². The van der Waals surface area contributed by atoms with E-state index in [9.17, 15) is 4.79 Å². The first-order chi connectivity index (χ1) is 9.46. The van der Waals surface area contributed by atoms with Crippen LogP contribution in [0.5, 0.6) is 0 Å². The second kappa shape index (κ2) is 6.61. The van der Waals surface area contributed by atoms with Crippen LogP contribution < -0.4 is 5.32 Å². The van der Waals surface area contributed by atoms with E-state index in [1.165, 1.54) is 12.8 Å². The lowest BCUT2D eigenvalue weighted by atomic mass is 9.78. The van der Waals surface area contributed by atoms with Crippen LogP contribution in [-0.4, -0.2) is 16.8 Å². The van der Waals surface area contributed by atoms with Crippen LogP contribution in [0, 0.1) is 12.8 Å². The largest absolute Gasteiger partial charge is 0.346 e. The Bertz CT molecular complexity index is 493. The van der Waals surface area contributed by atoms with Gasteiger partial charge in [-0.05, 0) is 62.3 Å². The summed E-state index contributed by atoms with van der Waals surface area (Å²) in [6.07, 6.45) is 4.48. The van der Waals surface area contributed by atoms with Crippen LogP contribution in [0.3, 0.4) is 0 Å². The van der Waals surface area contributed by atoms with E-state index in [-0.39, 0.29) is 11.4 Å². The Hall–Kier alpha value is -0.350. The van der Waals surface area contributed by atoms with Crippen LogP contribution in [0.4, 0.5) is 0 Å². The average Bonchev–Trinajstić information content (AvgIpc) is 2.44. The Labute approximate surface area is 138 Å². The first-order valence-electron chi connectivity index (χ1n) is 7.10. The fourth-order valence-corrected chi connectivity index (χ4v) is 3.65. The topological polar surface area (TPSA) is 29.1 Å². The third kappa shape index (κ3) is 3.64. The fraction of sp³-hybridized carbons (Fsp3) is 0.562. The second-order valence-electron chi connectivity index (χ2n) is 6.01. The molecular formula is C16H21Br2NO. The van der Waals surface area contributed by atoms with Gasteiger partial charge in [0.15, 0.2) is 0 Å². The van der Waals surface area contributed by atoms with Crippen molar-refractivity contribution >= 4 is 37.8 Å². The molecule has 20 heavy (non-hydrogen) atoms. The minimum atomic E-state index is -0.0788. The number of amides is 1. The predicted octanol–water partition coefficient (Wildman–Crippen LogP) is 4.83. The fourth-order valence-electron chi connectivity index (χ4n) is 2.71. The molecule has 4 heteroatoms. The van der Waals surface area contributed by atoms with Crippen molar-refractivity contribution in [1.82, 2.24) is 5.32 Å². The van der Waals surface area contributed by atoms with E-state index in [0.29, 0.717) is 0 Å². The van der Waals surface area contributed by atoms with Crippen LogP contribution in [-0.2, 0) is 0 Å². The lowest BCUT2D eigenvalue weighted by Crippen LogP contribution is -2.52. The second-order valence-corrected chi connectivity index (χ2v) is 7.43. The van der Waals surface area contributed by atoms with Gasteiger partial charge in [0.2, 0.25) is 0 Å². The molecule has 110 valence electrons. The summed E-state index contributed by atoms with van der Waals surface area (Å²) in [5.41, 5.74) is 1.75. The van der Waals surface area contributed by atoms with E-state index in [1.54, 1.807) is 0 Å². The monoisotopic (exact) mass is 401 g/mol. The summed E-state index contributed by atoms with van der Waals surface area (Å²) in [5.74, 6) is 0.809. The minimum Gasteiger partial charge on any atom is -0.346 e. The van der Waals surface area contributed by atoms with Crippen LogP contribution >= 0.6 is 31.9 Å². The summed E-state index contributed by atoms with van der Waals surface area (Å²) in [6, 6.07) is 5.75. The standard InChI is InChI=1S/C16H21Br2NO/c1-11-5-7-16(10-17,8-6-11)19-15(20)13-3-4-14(18)12(2)9-13/h3-4,9,11H,5-8,10H2,1-2H3,(H,19,20). The Balaban J connectivity index is 2.11. The summed E-state index contributed by atoms with van der Waals surface area (Å²) in [6.45, 7) is 4.29. The SMILES string of the molecule is Cc1cc(C(=O)NC2(CBr)CCC(C)CC2)ccc1Br. The number of aryl methyl sites for hydroxylation is 1. The van der Waals surface area contributed by atoms with E-state index >= 15 is 0 Å². The average molecular weight is 403 g/mol. The van der Waals surface area contributed by atoms with Crippen molar-refractivity contribution in [3.05, 3.63) is 33.8 Å². The lowest BCUT2D eigenvalue weighted by Gasteiger charge is -2.39. The number of nitrogens with one attached hydrogen (secondary N) is 1. The van der Waals surface area contributed by atoms with Gasteiger partial charge in [-0.1, -0.05) is 38.8 Å². The van der Waals surface area contributed by atoms with Crippen molar-refractivity contribution < 1.29 is 4.79 Å². The zero-order valence-corrected chi connectivity index (χ0v) is 15.2. The number of rotatable bonds is 3. The molecule has 1 aliphatic carbocycles. The first-order valence-corrected chi connectivity index (χ1v) is 9.02. The molecule has 0 aromatic heterocycles. The highest BCUT2D eigenvalue weighted by Gasteiger charge is 2.34. The van der Waals surface area contributed by atoms with Gasteiger partial charge in [0.05, 0.1) is 5.54 Å². The quantitative estimate of drug-likeness (QED) is 0.720. The van der Waals surface area contributed by atoms with Gasteiger partial charge in [-0.15, -0.1) is 0 Å². The molecule has 0 unspecified atom stereocenters. The van der Waals surface area contributed by atoms with Gasteiger partial charge in [-0.3, -0.25) is 4.79 Å². The highest BCUT2D eigenvalue weighted by Crippen LogP contribution is 2.33. The van der Waals surface area contributed by atoms with Crippen molar-refractivity contribution in [1.29, 1.82) is 0 Å². The molecule has 0 heterocycles. The maximum Gasteiger partial charge on any atom is 0.251 e. The zero-order chi connectivity index (χ0) is 14.8. The molecule has 0 radical (unpaired) electrons. The van der Waals surface area contributed by atoms with Gasteiger partial charge in [-0.25, -0.2) is 0 Å². The number of hydrogen-bond acceptors (Lipinski definition) is 1. The van der Waals surface area contributed by atoms with Gasteiger partial charge in [-0.2, -0.15) is 0 Å². The zero-order valence-electron chi connectivity index (χ0n) is 12.0. The molecule has 1 N–H and O–H groups in total. The number of carbonyl (C=O) groups is 1. The number of halogens is 2. The molecule has 0 bridgehead atoms. The normalized spacial score (nSPS) is 26.3. The van der Waals surface area contributed by atoms with Gasteiger partial charge < -0.3 is 5.32 Å². The maximum absolute atomic E-state index is 12.5. The van der Waals surface area contributed by atoms with Crippen LogP contribution in [0.2, 0.25) is 0 Å². The van der Waals surface area contributed by atoms with Crippen molar-refractivity contribution in [2.45, 2.75) is 45.1 Å². The smallest absolute Gasteiger partial charge is 0.251 e. The Kier molecular flexibility index (Phi) is 5.30. The van der Waals surface area contributed by atoms with E-state index < -0.39 is 0 Å². The number of benzene rings is 1. The lowest BCUT2D eigenvalue weighted by molar-refractivity contribution is 0.0874. The van der Waals surface area contributed by atoms with Crippen LogP contribution in [0.25, 0.3) is 0 Å². The molecule has 0 aliphatic heterocycles. The molecule has 1 aliphatic rings. The summed E-state index contributed by atoms with van der Waals surface area (Å²) < 4.78 is 1.04. The predicted molar refractivity (Wildman–Crippen MR) is 90.5 cm³/mol. The summed E-state index contributed by atoms with van der Waals surface area (Å²) in [4.78, 5) is 12.5. The Morgan fingerprint density at radius 2 is 2.05 bits per heavy atom. The van der Waals surface area contributed by atoms with Crippen molar-refractivity contribution in [2.75, 3.05) is 5.33 Å². The molecule has 1 fully saturated rings.